The van der Waals surface area contributed by atoms with Gasteiger partial charge in [0.1, 0.15) is 0 Å². The lowest BCUT2D eigenvalue weighted by atomic mass is 10.0. The first-order valence-electron chi connectivity index (χ1n) is 7.89. The van der Waals surface area contributed by atoms with Gasteiger partial charge < -0.3 is 14.8 Å². The zero-order chi connectivity index (χ0) is 15.2. The Morgan fingerprint density at radius 3 is 2.55 bits per heavy atom. The quantitative estimate of drug-likeness (QED) is 0.755. The van der Waals surface area contributed by atoms with Gasteiger partial charge in [-0.25, -0.2) is 4.98 Å². The molecular weight excluding hydrogens is 248 g/mol. The fraction of sp³-hybridized carbons (Fsp3) is 0.812. The third-order valence-electron chi connectivity index (χ3n) is 4.40. The summed E-state index contributed by atoms with van der Waals surface area (Å²) in [4.78, 5) is 6.83. The van der Waals surface area contributed by atoms with Crippen molar-refractivity contribution in [1.29, 1.82) is 0 Å². The second-order valence-corrected chi connectivity index (χ2v) is 6.08. The van der Waals surface area contributed by atoms with Crippen LogP contribution in [0.2, 0.25) is 0 Å². The van der Waals surface area contributed by atoms with Gasteiger partial charge in [-0.1, -0.05) is 13.8 Å². The molecule has 0 radical (unpaired) electrons. The van der Waals surface area contributed by atoms with E-state index in [0.717, 1.165) is 13.1 Å². The molecule has 0 fully saturated rings. The lowest BCUT2D eigenvalue weighted by Gasteiger charge is -2.28. The van der Waals surface area contributed by atoms with E-state index < -0.39 is 0 Å². The topological polar surface area (TPSA) is 33.1 Å². The second kappa shape index (κ2) is 7.79. The van der Waals surface area contributed by atoms with Crippen molar-refractivity contribution in [2.24, 2.45) is 0 Å². The zero-order valence-electron chi connectivity index (χ0n) is 14.1. The third kappa shape index (κ3) is 4.32. The van der Waals surface area contributed by atoms with Gasteiger partial charge in [-0.15, -0.1) is 0 Å². The maximum Gasteiger partial charge on any atom is 0.0951 e. The van der Waals surface area contributed by atoms with E-state index in [4.69, 9.17) is 0 Å². The molecule has 0 aliphatic heterocycles. The molecular formula is C16H32N4. The lowest BCUT2D eigenvalue weighted by molar-refractivity contribution is 0.285. The van der Waals surface area contributed by atoms with Crippen LogP contribution in [0, 0.1) is 0 Å². The Hall–Kier alpha value is -0.870. The van der Waals surface area contributed by atoms with Gasteiger partial charge in [0, 0.05) is 6.04 Å². The number of hydrogen-bond donors (Lipinski definition) is 1. The predicted molar refractivity (Wildman–Crippen MR) is 86.0 cm³/mol. The standard InChI is InChI=1S/C16H32N4/c1-7-19(8-2)11-9-10-14(3)20-13-18-12-15(20)16(4,5)17-6/h12-14,17H,7-11H2,1-6H3. The Labute approximate surface area is 124 Å². The molecule has 4 nitrogen and oxygen atoms in total. The monoisotopic (exact) mass is 280 g/mol. The van der Waals surface area contributed by atoms with E-state index in [2.05, 4.69) is 54.4 Å². The second-order valence-electron chi connectivity index (χ2n) is 6.08. The van der Waals surface area contributed by atoms with Crippen molar-refractivity contribution in [2.45, 2.75) is 59.0 Å². The number of nitrogens with one attached hydrogen (secondary N) is 1. The van der Waals surface area contributed by atoms with Crippen molar-refractivity contribution in [1.82, 2.24) is 19.8 Å². The summed E-state index contributed by atoms with van der Waals surface area (Å²) in [7, 11) is 2.00. The van der Waals surface area contributed by atoms with Gasteiger partial charge in [0.25, 0.3) is 0 Å². The van der Waals surface area contributed by atoms with Crippen LogP contribution in [-0.2, 0) is 5.54 Å². The summed E-state index contributed by atoms with van der Waals surface area (Å²) < 4.78 is 2.32. The minimum Gasteiger partial charge on any atom is -0.330 e. The van der Waals surface area contributed by atoms with Crippen LogP contribution < -0.4 is 5.32 Å². The van der Waals surface area contributed by atoms with Gasteiger partial charge in [-0.2, -0.15) is 0 Å². The van der Waals surface area contributed by atoms with E-state index in [-0.39, 0.29) is 5.54 Å². The van der Waals surface area contributed by atoms with E-state index >= 15 is 0 Å². The van der Waals surface area contributed by atoms with Gasteiger partial charge in [0.15, 0.2) is 0 Å². The first kappa shape index (κ1) is 17.2. The Kier molecular flexibility index (Phi) is 6.69. The SMILES string of the molecule is CCN(CC)CCCC(C)n1cncc1C(C)(C)NC. The smallest absolute Gasteiger partial charge is 0.0951 e. The molecule has 1 unspecified atom stereocenters. The largest absolute Gasteiger partial charge is 0.330 e. The first-order chi connectivity index (χ1) is 9.46. The highest BCUT2D eigenvalue weighted by Crippen LogP contribution is 2.24. The van der Waals surface area contributed by atoms with E-state index in [1.807, 2.05) is 19.6 Å². The van der Waals surface area contributed by atoms with Crippen molar-refractivity contribution in [3.8, 4) is 0 Å². The summed E-state index contributed by atoms with van der Waals surface area (Å²) in [6.45, 7) is 14.6. The number of rotatable bonds is 9. The van der Waals surface area contributed by atoms with Crippen LogP contribution in [0.15, 0.2) is 12.5 Å². The van der Waals surface area contributed by atoms with Crippen LogP contribution in [0.1, 0.15) is 59.2 Å². The summed E-state index contributed by atoms with van der Waals surface area (Å²) >= 11 is 0. The Bertz CT molecular complexity index is 380. The number of hydrogen-bond acceptors (Lipinski definition) is 3. The van der Waals surface area contributed by atoms with Crippen LogP contribution in [-0.4, -0.2) is 41.1 Å². The molecule has 4 heteroatoms. The zero-order valence-corrected chi connectivity index (χ0v) is 14.1. The maximum atomic E-state index is 4.35. The average Bonchev–Trinajstić information content (AvgIpc) is 2.93. The highest BCUT2D eigenvalue weighted by Gasteiger charge is 2.23. The molecule has 0 aliphatic carbocycles. The van der Waals surface area contributed by atoms with Crippen molar-refractivity contribution in [3.05, 3.63) is 18.2 Å². The number of nitrogens with zero attached hydrogens (tertiary/aromatic N) is 3. The van der Waals surface area contributed by atoms with Gasteiger partial charge in [-0.05, 0) is 60.3 Å². The molecule has 0 aromatic carbocycles. The number of aromatic nitrogens is 2. The molecule has 0 bridgehead atoms. The minimum absolute atomic E-state index is 0.0381. The van der Waals surface area contributed by atoms with Crippen molar-refractivity contribution in [2.75, 3.05) is 26.7 Å². The number of imidazole rings is 1. The van der Waals surface area contributed by atoms with Gasteiger partial charge in [0.05, 0.1) is 23.8 Å². The molecule has 1 atom stereocenters. The molecule has 116 valence electrons. The highest BCUT2D eigenvalue weighted by atomic mass is 15.1. The molecule has 0 amide bonds. The molecule has 0 spiro atoms. The summed E-state index contributed by atoms with van der Waals surface area (Å²) in [5.41, 5.74) is 1.22. The van der Waals surface area contributed by atoms with Crippen molar-refractivity contribution < 1.29 is 0 Å². The minimum atomic E-state index is -0.0381. The Morgan fingerprint density at radius 1 is 1.35 bits per heavy atom. The molecule has 1 aromatic heterocycles. The van der Waals surface area contributed by atoms with Crippen LogP contribution in [0.3, 0.4) is 0 Å². The van der Waals surface area contributed by atoms with Crippen molar-refractivity contribution in [3.63, 3.8) is 0 Å². The average molecular weight is 280 g/mol. The molecule has 1 heterocycles. The van der Waals surface area contributed by atoms with Gasteiger partial charge in [-0.3, -0.25) is 0 Å². The summed E-state index contributed by atoms with van der Waals surface area (Å²) in [6, 6.07) is 0.496. The Balaban J connectivity index is 2.60. The fourth-order valence-electron chi connectivity index (χ4n) is 2.56. The predicted octanol–water partition coefficient (Wildman–Crippen LogP) is 3.02. The third-order valence-corrected chi connectivity index (χ3v) is 4.40. The van der Waals surface area contributed by atoms with Crippen LogP contribution in [0.4, 0.5) is 0 Å². The van der Waals surface area contributed by atoms with Crippen LogP contribution in [0.5, 0.6) is 0 Å². The van der Waals surface area contributed by atoms with Crippen LogP contribution in [0.25, 0.3) is 0 Å². The van der Waals surface area contributed by atoms with Gasteiger partial charge >= 0.3 is 0 Å². The molecule has 1 aromatic rings. The van der Waals surface area contributed by atoms with E-state index in [0.29, 0.717) is 6.04 Å². The summed E-state index contributed by atoms with van der Waals surface area (Å²) in [5, 5.41) is 3.36. The Morgan fingerprint density at radius 2 is 2.00 bits per heavy atom. The summed E-state index contributed by atoms with van der Waals surface area (Å²) in [5.74, 6) is 0. The highest BCUT2D eigenvalue weighted by molar-refractivity contribution is 5.11. The fourth-order valence-corrected chi connectivity index (χ4v) is 2.56. The molecule has 0 aliphatic rings. The molecule has 20 heavy (non-hydrogen) atoms. The van der Waals surface area contributed by atoms with Crippen molar-refractivity contribution >= 4 is 0 Å². The molecule has 1 N–H and O–H groups in total. The first-order valence-corrected chi connectivity index (χ1v) is 7.89. The van der Waals surface area contributed by atoms with Gasteiger partial charge in [0.2, 0.25) is 0 Å². The summed E-state index contributed by atoms with van der Waals surface area (Å²) in [6.07, 6.45) is 6.38. The normalized spacial score (nSPS) is 13.9. The molecule has 1 rings (SSSR count). The molecule has 0 saturated heterocycles. The van der Waals surface area contributed by atoms with Crippen LogP contribution >= 0.6 is 0 Å². The van der Waals surface area contributed by atoms with E-state index in [1.165, 1.54) is 25.1 Å². The maximum absolute atomic E-state index is 4.35. The van der Waals surface area contributed by atoms with E-state index in [1.54, 1.807) is 0 Å². The van der Waals surface area contributed by atoms with E-state index in [9.17, 15) is 0 Å². The molecule has 0 saturated carbocycles. The lowest BCUT2D eigenvalue weighted by Crippen LogP contribution is -2.36.